The van der Waals surface area contributed by atoms with Gasteiger partial charge in [0, 0.05) is 50.6 Å². The van der Waals surface area contributed by atoms with Crippen LogP contribution < -0.4 is 31.1 Å². The normalized spacial score (nSPS) is 24.7. The minimum atomic E-state index is -0.336. The molecule has 13 rings (SSSR count). The second-order valence-electron chi connectivity index (χ2n) is 26.2. The maximum absolute atomic E-state index is 2.90. The first kappa shape index (κ1) is 44.9. The second kappa shape index (κ2) is 14.6. The highest BCUT2D eigenvalue weighted by Crippen LogP contribution is 2.67. The molecule has 4 atom stereocenters. The predicted molar refractivity (Wildman–Crippen MR) is 303 cm³/mol. The number of benzene rings is 7. The van der Waals surface area contributed by atoms with Gasteiger partial charge in [-0.05, 0) is 153 Å². The van der Waals surface area contributed by atoms with Gasteiger partial charge in [-0.2, -0.15) is 0 Å². The van der Waals surface area contributed by atoms with Gasteiger partial charge in [0.1, 0.15) is 0 Å². The van der Waals surface area contributed by atoms with E-state index in [-0.39, 0.29) is 44.9 Å². The van der Waals surface area contributed by atoms with Gasteiger partial charge in [-0.1, -0.05) is 191 Å². The third-order valence-corrected chi connectivity index (χ3v) is 19.4. The molecule has 4 heterocycles. The van der Waals surface area contributed by atoms with Gasteiger partial charge in [-0.3, -0.25) is 0 Å². The lowest BCUT2D eigenvalue weighted by Crippen LogP contribution is -2.64. The molecule has 2 aliphatic carbocycles. The van der Waals surface area contributed by atoms with E-state index >= 15 is 0 Å². The van der Waals surface area contributed by atoms with Crippen LogP contribution in [0, 0.1) is 0 Å². The quantitative estimate of drug-likeness (QED) is 0.164. The first-order valence-electron chi connectivity index (χ1n) is 27.0. The average Bonchev–Trinajstić information content (AvgIpc) is 3.72. The molecule has 4 heteroatoms. The molecule has 358 valence electrons. The van der Waals surface area contributed by atoms with Crippen molar-refractivity contribution in [2.24, 2.45) is 0 Å². The van der Waals surface area contributed by atoms with Crippen molar-refractivity contribution in [2.45, 2.75) is 160 Å². The molecule has 0 amide bonds. The van der Waals surface area contributed by atoms with Gasteiger partial charge in [-0.25, -0.2) is 0 Å². The molecule has 4 aliphatic heterocycles. The summed E-state index contributed by atoms with van der Waals surface area (Å²) in [5.41, 5.74) is 24.2. The van der Waals surface area contributed by atoms with Crippen LogP contribution in [0.15, 0.2) is 146 Å². The van der Waals surface area contributed by atoms with E-state index in [1.165, 1.54) is 114 Å². The molecule has 0 spiro atoms. The monoisotopic (exact) mass is 930 g/mol. The lowest BCUT2D eigenvalue weighted by atomic mass is 9.33. The van der Waals surface area contributed by atoms with E-state index in [4.69, 9.17) is 0 Å². The molecule has 7 aromatic carbocycles. The second-order valence-corrected chi connectivity index (χ2v) is 26.2. The van der Waals surface area contributed by atoms with Crippen molar-refractivity contribution in [1.29, 1.82) is 0 Å². The number of anilines is 7. The Hall–Kier alpha value is -6.00. The van der Waals surface area contributed by atoms with Gasteiger partial charge in [0.05, 0.1) is 11.1 Å². The van der Waals surface area contributed by atoms with Crippen molar-refractivity contribution in [3.63, 3.8) is 0 Å². The Labute approximate surface area is 425 Å². The zero-order valence-electron chi connectivity index (χ0n) is 44.5. The van der Waals surface area contributed by atoms with E-state index in [1.54, 1.807) is 0 Å². The molecule has 4 unspecified atom stereocenters. The van der Waals surface area contributed by atoms with Crippen LogP contribution in [0.25, 0.3) is 0 Å². The van der Waals surface area contributed by atoms with Crippen LogP contribution in [-0.4, -0.2) is 12.3 Å². The van der Waals surface area contributed by atoms with Crippen LogP contribution in [-0.2, 0) is 39.0 Å². The molecule has 0 bridgehead atoms. The third-order valence-electron chi connectivity index (χ3n) is 19.4. The number of rotatable bonds is 3. The molecule has 6 aliphatic rings. The summed E-state index contributed by atoms with van der Waals surface area (Å²) >= 11 is 0. The predicted octanol–water partition coefficient (Wildman–Crippen LogP) is 15.2. The molecule has 1 saturated carbocycles. The van der Waals surface area contributed by atoms with E-state index in [9.17, 15) is 0 Å². The minimum absolute atomic E-state index is 0.0128. The highest BCUT2D eigenvalue weighted by molar-refractivity contribution is 7.00. The van der Waals surface area contributed by atoms with Crippen LogP contribution in [0.1, 0.15) is 160 Å². The first-order chi connectivity index (χ1) is 33.7. The Morgan fingerprint density at radius 1 is 0.465 bits per heavy atom. The Kier molecular flexibility index (Phi) is 9.22. The van der Waals surface area contributed by atoms with E-state index in [0.29, 0.717) is 0 Å². The van der Waals surface area contributed by atoms with Crippen molar-refractivity contribution in [2.75, 3.05) is 14.7 Å². The van der Waals surface area contributed by atoms with Gasteiger partial charge in [0.15, 0.2) is 0 Å². The zero-order valence-corrected chi connectivity index (χ0v) is 44.5. The van der Waals surface area contributed by atoms with Gasteiger partial charge >= 0.3 is 0 Å². The van der Waals surface area contributed by atoms with Gasteiger partial charge < -0.3 is 14.7 Å². The van der Waals surface area contributed by atoms with Crippen LogP contribution in [0.4, 0.5) is 39.8 Å². The molecule has 71 heavy (non-hydrogen) atoms. The van der Waals surface area contributed by atoms with Crippen molar-refractivity contribution in [3.05, 3.63) is 190 Å². The van der Waals surface area contributed by atoms with E-state index in [2.05, 4.69) is 243 Å². The number of aryl methyl sites for hydroxylation is 1. The third kappa shape index (κ3) is 5.80. The summed E-state index contributed by atoms with van der Waals surface area (Å²) in [6.45, 7) is 29.1. The average molecular weight is 930 g/mol. The maximum atomic E-state index is 2.90. The highest BCUT2D eigenvalue weighted by Gasteiger charge is 2.65. The molecule has 0 N–H and O–H groups in total. The Morgan fingerprint density at radius 3 is 1.80 bits per heavy atom. The molecule has 7 aromatic rings. The fraction of sp³-hybridized carbons (Fsp3) is 0.373. The molecular weight excluding hydrogens is 858 g/mol. The molecule has 1 fully saturated rings. The van der Waals surface area contributed by atoms with Crippen molar-refractivity contribution < 1.29 is 0 Å². The van der Waals surface area contributed by atoms with E-state index in [0.717, 1.165) is 25.7 Å². The van der Waals surface area contributed by atoms with Gasteiger partial charge in [0.2, 0.25) is 0 Å². The van der Waals surface area contributed by atoms with Crippen molar-refractivity contribution in [1.82, 2.24) is 0 Å². The molecule has 3 nitrogen and oxygen atoms in total. The highest BCUT2D eigenvalue weighted by atomic mass is 15.3. The standard InChI is InChI=1S/C67H72BN3/c1-61(2,3)44-27-31-48(32-28-44)69-56-34-30-47(63(7,8)9)40-54(56)68-53-26-20-25-51-60(53)71(66(12)50-24-17-16-21-43(50)35-38-64(51,66)10)58-42-49(41-57(69)59(58)68)70-55-33-29-46(62(4,5)6)39-52(55)67(45-22-14-13-15-23-45)37-19-18-36-65(67,70)11/h13-17,20-34,39-42H,18-19,35-38H2,1-12H3. The summed E-state index contributed by atoms with van der Waals surface area (Å²) in [6.07, 6.45) is 6.82. The number of fused-ring (bicyclic) bond motifs is 12. The minimum Gasteiger partial charge on any atom is -0.334 e. The summed E-state index contributed by atoms with van der Waals surface area (Å²) < 4.78 is 0. The Morgan fingerprint density at radius 2 is 1.08 bits per heavy atom. The lowest BCUT2D eigenvalue weighted by Gasteiger charge is -2.54. The van der Waals surface area contributed by atoms with E-state index in [1.807, 2.05) is 0 Å². The van der Waals surface area contributed by atoms with Crippen molar-refractivity contribution >= 4 is 62.9 Å². The summed E-state index contributed by atoms with van der Waals surface area (Å²) in [7, 11) is 0. The first-order valence-corrected chi connectivity index (χ1v) is 27.0. The zero-order chi connectivity index (χ0) is 49.4. The summed E-state index contributed by atoms with van der Waals surface area (Å²) in [5, 5.41) is 0. The Bertz CT molecular complexity index is 3350. The SMILES string of the molecule is CC(C)(C)c1ccc(N2c3ccc(C(C)(C)C)cc3B3c4cccc5c4N(c4cc(N6c7ccc(C(C)(C)C)cc7C7(c8ccccc8)CCCCC67C)cc2c43)C2(C)c3ccccc3CCC52C)cc1. The maximum Gasteiger partial charge on any atom is 0.252 e. The Balaban J connectivity index is 1.17. The smallest absolute Gasteiger partial charge is 0.252 e. The van der Waals surface area contributed by atoms with E-state index < -0.39 is 0 Å². The van der Waals surface area contributed by atoms with Crippen LogP contribution >= 0.6 is 0 Å². The molecular formula is C67H72BN3. The number of hydrogen-bond acceptors (Lipinski definition) is 3. The largest absolute Gasteiger partial charge is 0.334 e. The van der Waals surface area contributed by atoms with Gasteiger partial charge in [0.25, 0.3) is 6.71 Å². The molecule has 0 radical (unpaired) electrons. The van der Waals surface area contributed by atoms with Crippen LogP contribution in [0.3, 0.4) is 0 Å². The van der Waals surface area contributed by atoms with Gasteiger partial charge in [-0.15, -0.1) is 0 Å². The van der Waals surface area contributed by atoms with Crippen LogP contribution in [0.5, 0.6) is 0 Å². The van der Waals surface area contributed by atoms with Crippen LogP contribution in [0.2, 0.25) is 0 Å². The fourth-order valence-electron chi connectivity index (χ4n) is 15.5. The topological polar surface area (TPSA) is 9.72 Å². The lowest BCUT2D eigenvalue weighted by molar-refractivity contribution is 0.215. The summed E-state index contributed by atoms with van der Waals surface area (Å²) in [4.78, 5) is 8.45. The number of nitrogens with zero attached hydrogens (tertiary/aromatic N) is 3. The van der Waals surface area contributed by atoms with Crippen molar-refractivity contribution in [3.8, 4) is 0 Å². The fourth-order valence-corrected chi connectivity index (χ4v) is 15.5. The summed E-state index contributed by atoms with van der Waals surface area (Å²) in [6, 6.07) is 58.5. The number of para-hydroxylation sites is 1. The molecule has 0 saturated heterocycles. The summed E-state index contributed by atoms with van der Waals surface area (Å²) in [5.74, 6) is 0. The number of hydrogen-bond donors (Lipinski definition) is 0. The molecule has 0 aromatic heterocycles.